The summed E-state index contributed by atoms with van der Waals surface area (Å²) < 4.78 is 11.6. The lowest BCUT2D eigenvalue weighted by atomic mass is 10.1. The fraction of sp³-hybridized carbons (Fsp3) is 0.120. The minimum atomic E-state index is -0.534. The molecule has 0 atom stereocenters. The van der Waals surface area contributed by atoms with Crippen LogP contribution in [0.15, 0.2) is 72.3 Å². The molecule has 1 aliphatic heterocycles. The predicted octanol–water partition coefficient (Wildman–Crippen LogP) is 5.22. The Kier molecular flexibility index (Phi) is 6.87. The average Bonchev–Trinajstić information content (AvgIpc) is 3.08. The summed E-state index contributed by atoms with van der Waals surface area (Å²) in [4.78, 5) is 25.4. The molecule has 1 heterocycles. The van der Waals surface area contributed by atoms with Crippen molar-refractivity contribution in [2.24, 2.45) is 0 Å². The van der Waals surface area contributed by atoms with E-state index in [1.165, 1.54) is 17.2 Å². The molecule has 1 fully saturated rings. The Morgan fingerprint density at radius 1 is 0.939 bits per heavy atom. The van der Waals surface area contributed by atoms with Gasteiger partial charge in [-0.05, 0) is 48.9 Å². The zero-order chi connectivity index (χ0) is 23.4. The third-order valence-electron chi connectivity index (χ3n) is 4.92. The summed E-state index contributed by atoms with van der Waals surface area (Å²) in [5.41, 5.74) is 4.49. The topological polar surface area (TPSA) is 67.9 Å². The highest BCUT2D eigenvalue weighted by Gasteiger charge is 2.34. The first kappa shape index (κ1) is 22.7. The largest absolute Gasteiger partial charge is 0.490 e. The number of aryl methyl sites for hydroxylation is 1. The first-order chi connectivity index (χ1) is 15.9. The molecule has 1 aliphatic rings. The van der Waals surface area contributed by atoms with Crippen LogP contribution in [-0.2, 0) is 9.59 Å². The maximum atomic E-state index is 12.9. The fourth-order valence-electron chi connectivity index (χ4n) is 3.33. The Hall–Kier alpha value is -3.48. The first-order valence-electron chi connectivity index (χ1n) is 10.2. The van der Waals surface area contributed by atoms with Crippen LogP contribution in [0, 0.1) is 6.92 Å². The molecule has 33 heavy (non-hydrogen) atoms. The summed E-state index contributed by atoms with van der Waals surface area (Å²) in [5, 5.41) is 1.80. The van der Waals surface area contributed by atoms with Crippen molar-refractivity contribution in [2.45, 2.75) is 6.92 Å². The number of hydrogen-bond donors (Lipinski definition) is 1. The van der Waals surface area contributed by atoms with E-state index in [4.69, 9.17) is 32.7 Å². The molecule has 1 saturated heterocycles. The molecule has 0 spiro atoms. The van der Waals surface area contributed by atoms with Crippen molar-refractivity contribution in [3.63, 3.8) is 0 Å². The molecule has 0 unspecified atom stereocenters. The summed E-state index contributed by atoms with van der Waals surface area (Å²) in [5.74, 6) is 0.0468. The molecule has 0 aromatic heterocycles. The normalized spacial score (nSPS) is 14.5. The number of ether oxygens (including phenoxy) is 2. The number of anilines is 1. The number of nitrogens with one attached hydrogen (secondary N) is 1. The minimum absolute atomic E-state index is 0.0572. The van der Waals surface area contributed by atoms with Gasteiger partial charge in [0.05, 0.1) is 10.7 Å². The number of para-hydroxylation sites is 2. The molecule has 3 aromatic carbocycles. The van der Waals surface area contributed by atoms with E-state index >= 15 is 0 Å². The van der Waals surface area contributed by atoms with E-state index in [0.717, 1.165) is 11.3 Å². The summed E-state index contributed by atoms with van der Waals surface area (Å²) in [6.45, 7) is 2.43. The van der Waals surface area contributed by atoms with Crippen molar-refractivity contribution < 1.29 is 19.1 Å². The third-order valence-corrected chi connectivity index (χ3v) is 5.42. The zero-order valence-corrected chi connectivity index (χ0v) is 19.2. The highest BCUT2D eigenvalue weighted by molar-refractivity contribution is 6.36. The van der Waals surface area contributed by atoms with Crippen molar-refractivity contribution in [3.8, 4) is 11.5 Å². The highest BCUT2D eigenvalue weighted by atomic mass is 35.5. The van der Waals surface area contributed by atoms with Gasteiger partial charge in [0.25, 0.3) is 11.8 Å². The van der Waals surface area contributed by atoms with E-state index in [9.17, 15) is 9.59 Å². The van der Waals surface area contributed by atoms with Gasteiger partial charge < -0.3 is 9.47 Å². The minimum Gasteiger partial charge on any atom is -0.490 e. The van der Waals surface area contributed by atoms with E-state index in [1.54, 1.807) is 30.3 Å². The molecule has 4 rings (SSSR count). The predicted molar refractivity (Wildman–Crippen MR) is 129 cm³/mol. The van der Waals surface area contributed by atoms with Gasteiger partial charge in [-0.2, -0.15) is 0 Å². The quantitative estimate of drug-likeness (QED) is 0.284. The SMILES string of the molecule is Cc1ccccc1OCCOc1c(Cl)cc(Cl)cc1/C=C1/C(=O)NN(c2ccccc2)C1=O. The van der Waals surface area contributed by atoms with Crippen LogP contribution in [0.25, 0.3) is 6.08 Å². The van der Waals surface area contributed by atoms with Gasteiger partial charge in [0.15, 0.2) is 0 Å². The standard InChI is InChI=1S/C25H20Cl2N2O4/c1-16-7-5-6-10-22(16)32-11-12-33-23-17(13-18(26)15-21(23)27)14-20-24(30)28-29(25(20)31)19-8-3-2-4-9-19/h2-10,13-15H,11-12H2,1H3,(H,28,30)/b20-14-. The van der Waals surface area contributed by atoms with Gasteiger partial charge in [-0.15, -0.1) is 0 Å². The molecule has 2 amide bonds. The van der Waals surface area contributed by atoms with Gasteiger partial charge in [-0.3, -0.25) is 15.0 Å². The summed E-state index contributed by atoms with van der Waals surface area (Å²) in [6, 6.07) is 19.6. The molecule has 6 nitrogen and oxygen atoms in total. The molecule has 1 N–H and O–H groups in total. The van der Waals surface area contributed by atoms with Crippen LogP contribution < -0.4 is 19.9 Å². The van der Waals surface area contributed by atoms with Crippen molar-refractivity contribution >= 4 is 46.8 Å². The van der Waals surface area contributed by atoms with Crippen LogP contribution >= 0.6 is 23.2 Å². The van der Waals surface area contributed by atoms with Crippen LogP contribution in [0.1, 0.15) is 11.1 Å². The molecular weight excluding hydrogens is 463 g/mol. The molecule has 3 aromatic rings. The van der Waals surface area contributed by atoms with Crippen molar-refractivity contribution in [3.05, 3.63) is 93.5 Å². The van der Waals surface area contributed by atoms with Gasteiger partial charge in [0, 0.05) is 10.6 Å². The van der Waals surface area contributed by atoms with E-state index in [1.807, 2.05) is 37.3 Å². The number of amides is 2. The molecule has 0 radical (unpaired) electrons. The van der Waals surface area contributed by atoms with Gasteiger partial charge in [-0.25, -0.2) is 5.01 Å². The zero-order valence-electron chi connectivity index (χ0n) is 17.7. The number of hydrazine groups is 1. The van der Waals surface area contributed by atoms with Crippen LogP contribution in [0.5, 0.6) is 11.5 Å². The maximum absolute atomic E-state index is 12.9. The molecule has 0 bridgehead atoms. The number of carbonyl (C=O) groups is 2. The van der Waals surface area contributed by atoms with Crippen molar-refractivity contribution in [1.82, 2.24) is 5.43 Å². The Balaban J connectivity index is 1.54. The lowest BCUT2D eigenvalue weighted by Gasteiger charge is -2.14. The number of benzene rings is 3. The van der Waals surface area contributed by atoms with E-state index in [-0.39, 0.29) is 23.8 Å². The van der Waals surface area contributed by atoms with Gasteiger partial charge in [0.1, 0.15) is 30.3 Å². The Morgan fingerprint density at radius 2 is 1.64 bits per heavy atom. The second kappa shape index (κ2) is 9.98. The summed E-state index contributed by atoms with van der Waals surface area (Å²) in [7, 11) is 0. The number of hydrogen-bond acceptors (Lipinski definition) is 4. The number of nitrogens with zero attached hydrogens (tertiary/aromatic N) is 1. The van der Waals surface area contributed by atoms with Gasteiger partial charge >= 0.3 is 0 Å². The average molecular weight is 483 g/mol. The van der Waals surface area contributed by atoms with E-state index in [0.29, 0.717) is 22.0 Å². The number of halogens is 2. The first-order valence-corrected chi connectivity index (χ1v) is 10.9. The smallest absolute Gasteiger partial charge is 0.282 e. The van der Waals surface area contributed by atoms with E-state index < -0.39 is 11.8 Å². The Bertz CT molecular complexity index is 1230. The summed E-state index contributed by atoms with van der Waals surface area (Å²) in [6.07, 6.45) is 1.43. The summed E-state index contributed by atoms with van der Waals surface area (Å²) >= 11 is 12.5. The van der Waals surface area contributed by atoms with Crippen molar-refractivity contribution in [1.29, 1.82) is 0 Å². The van der Waals surface area contributed by atoms with Crippen LogP contribution in [0.3, 0.4) is 0 Å². The number of rotatable bonds is 7. The maximum Gasteiger partial charge on any atom is 0.282 e. The van der Waals surface area contributed by atoms with Crippen LogP contribution in [0.2, 0.25) is 10.0 Å². The fourth-order valence-corrected chi connectivity index (χ4v) is 3.89. The van der Waals surface area contributed by atoms with Crippen LogP contribution in [-0.4, -0.2) is 25.0 Å². The highest BCUT2D eigenvalue weighted by Crippen LogP contribution is 2.35. The Morgan fingerprint density at radius 3 is 2.39 bits per heavy atom. The molecule has 168 valence electrons. The number of carbonyl (C=O) groups excluding carboxylic acids is 2. The lowest BCUT2D eigenvalue weighted by molar-refractivity contribution is -0.117. The molecule has 0 saturated carbocycles. The second-order valence-corrected chi connectivity index (χ2v) is 8.09. The monoisotopic (exact) mass is 482 g/mol. The third kappa shape index (κ3) is 5.13. The van der Waals surface area contributed by atoms with E-state index in [2.05, 4.69) is 5.43 Å². The van der Waals surface area contributed by atoms with Crippen LogP contribution in [0.4, 0.5) is 5.69 Å². The molecular formula is C25H20Cl2N2O4. The second-order valence-electron chi connectivity index (χ2n) is 7.24. The van der Waals surface area contributed by atoms with Gasteiger partial charge in [0.2, 0.25) is 0 Å². The molecule has 8 heteroatoms. The molecule has 0 aliphatic carbocycles. The van der Waals surface area contributed by atoms with Gasteiger partial charge in [-0.1, -0.05) is 59.6 Å². The lowest BCUT2D eigenvalue weighted by Crippen LogP contribution is -2.35. The Labute approximate surface area is 201 Å². The van der Waals surface area contributed by atoms with Crippen molar-refractivity contribution in [2.75, 3.05) is 18.2 Å².